The molecule has 0 bridgehead atoms. The fourth-order valence-electron chi connectivity index (χ4n) is 4.02. The number of anilines is 1. The Kier molecular flexibility index (Phi) is 4.71. The fourth-order valence-corrected chi connectivity index (χ4v) is 5.59. The maximum Gasteiger partial charge on any atom is 0.276 e. The van der Waals surface area contributed by atoms with Crippen LogP contribution < -0.4 is 4.31 Å². The lowest BCUT2D eigenvalue weighted by Crippen LogP contribution is -2.40. The van der Waals surface area contributed by atoms with Gasteiger partial charge in [0.05, 0.1) is 29.2 Å². The molecule has 0 N–H and O–H groups in total. The van der Waals surface area contributed by atoms with Crippen molar-refractivity contribution in [1.29, 1.82) is 0 Å². The number of sulfonamides is 1. The van der Waals surface area contributed by atoms with E-state index in [9.17, 15) is 13.2 Å². The number of carbonyl (C=O) groups excluding carboxylic acids is 1. The molecular formula is C21H21N3O5S. The molecule has 30 heavy (non-hydrogen) atoms. The number of fused-ring (bicyclic) bond motifs is 2. The second-order valence-corrected chi connectivity index (χ2v) is 9.27. The van der Waals surface area contributed by atoms with Gasteiger partial charge in [-0.1, -0.05) is 23.4 Å². The first kappa shape index (κ1) is 19.1. The number of nitrogens with zero attached hydrogens (tertiary/aromatic N) is 3. The van der Waals surface area contributed by atoms with E-state index in [0.717, 1.165) is 18.4 Å². The number of carbonyl (C=O) groups is 1. The Labute approximate surface area is 174 Å². The molecule has 0 radical (unpaired) electrons. The van der Waals surface area contributed by atoms with Crippen LogP contribution in [-0.2, 0) is 21.2 Å². The summed E-state index contributed by atoms with van der Waals surface area (Å²) in [5, 5.41) is 4.33. The van der Waals surface area contributed by atoms with Gasteiger partial charge in [-0.3, -0.25) is 9.10 Å². The Balaban J connectivity index is 1.54. The van der Waals surface area contributed by atoms with Crippen molar-refractivity contribution in [2.45, 2.75) is 17.7 Å². The number of para-hydroxylation sites is 1. The van der Waals surface area contributed by atoms with Crippen molar-refractivity contribution >= 4 is 32.6 Å². The third-order valence-electron chi connectivity index (χ3n) is 5.60. The van der Waals surface area contributed by atoms with Crippen LogP contribution in [0.25, 0.3) is 11.0 Å². The summed E-state index contributed by atoms with van der Waals surface area (Å²) >= 11 is 0. The number of benzene rings is 2. The quantitative estimate of drug-likeness (QED) is 0.637. The zero-order valence-electron chi connectivity index (χ0n) is 16.3. The standard InChI is InChI=1S/C21H21N3O5S/c25-21(23-10-12-28-13-11-23)20-17-14-16(7-8-19(17)29-22-20)30(26,27)24-9-3-5-15-4-1-2-6-18(15)24/h1-2,4,6-8,14H,3,5,9-13H2. The second-order valence-electron chi connectivity index (χ2n) is 7.40. The summed E-state index contributed by atoms with van der Waals surface area (Å²) < 4.78 is 39.0. The van der Waals surface area contributed by atoms with Gasteiger partial charge in [0, 0.05) is 19.6 Å². The lowest BCUT2D eigenvalue weighted by atomic mass is 10.0. The molecule has 9 heteroatoms. The van der Waals surface area contributed by atoms with E-state index in [1.165, 1.54) is 16.4 Å². The highest BCUT2D eigenvalue weighted by atomic mass is 32.2. The number of morpholine rings is 1. The van der Waals surface area contributed by atoms with Crippen molar-refractivity contribution in [1.82, 2.24) is 10.1 Å². The largest absolute Gasteiger partial charge is 0.378 e. The lowest BCUT2D eigenvalue weighted by molar-refractivity contribution is 0.0297. The summed E-state index contributed by atoms with van der Waals surface area (Å²) in [4.78, 5) is 14.6. The monoisotopic (exact) mass is 427 g/mol. The summed E-state index contributed by atoms with van der Waals surface area (Å²) in [7, 11) is -3.79. The van der Waals surface area contributed by atoms with Crippen LogP contribution in [0.3, 0.4) is 0 Å². The van der Waals surface area contributed by atoms with Crippen LogP contribution in [0.2, 0.25) is 0 Å². The number of amides is 1. The van der Waals surface area contributed by atoms with E-state index < -0.39 is 10.0 Å². The molecule has 1 aromatic heterocycles. The molecule has 1 amide bonds. The SMILES string of the molecule is O=C(c1noc2ccc(S(=O)(=O)N3CCCc4ccccc43)cc12)N1CCOCC1. The summed E-state index contributed by atoms with van der Waals surface area (Å²) in [5.74, 6) is -0.282. The molecule has 0 atom stereocenters. The van der Waals surface area contributed by atoms with Crippen LogP contribution in [0.5, 0.6) is 0 Å². The third kappa shape index (κ3) is 3.14. The molecule has 2 aromatic carbocycles. The zero-order chi connectivity index (χ0) is 20.7. The van der Waals surface area contributed by atoms with Gasteiger partial charge in [0.2, 0.25) is 0 Å². The van der Waals surface area contributed by atoms with Gasteiger partial charge in [0.15, 0.2) is 11.3 Å². The smallest absolute Gasteiger partial charge is 0.276 e. The molecular weight excluding hydrogens is 406 g/mol. The minimum atomic E-state index is -3.79. The maximum atomic E-state index is 13.5. The molecule has 0 unspecified atom stereocenters. The van der Waals surface area contributed by atoms with Gasteiger partial charge in [-0.05, 0) is 42.7 Å². The van der Waals surface area contributed by atoms with Gasteiger partial charge in [-0.15, -0.1) is 0 Å². The Morgan fingerprint density at radius 2 is 1.83 bits per heavy atom. The summed E-state index contributed by atoms with van der Waals surface area (Å²) in [6.07, 6.45) is 1.61. The number of aryl methyl sites for hydroxylation is 1. The molecule has 0 spiro atoms. The topological polar surface area (TPSA) is 93.0 Å². The first-order valence-corrected chi connectivity index (χ1v) is 11.4. The number of hydrogen-bond acceptors (Lipinski definition) is 6. The molecule has 5 rings (SSSR count). The van der Waals surface area contributed by atoms with E-state index >= 15 is 0 Å². The van der Waals surface area contributed by atoms with Crippen molar-refractivity contribution in [3.63, 3.8) is 0 Å². The van der Waals surface area contributed by atoms with E-state index in [0.29, 0.717) is 49.5 Å². The summed E-state index contributed by atoms with van der Waals surface area (Å²) in [6, 6.07) is 12.1. The van der Waals surface area contributed by atoms with Crippen molar-refractivity contribution in [3.05, 3.63) is 53.7 Å². The highest BCUT2D eigenvalue weighted by molar-refractivity contribution is 7.92. The van der Waals surface area contributed by atoms with Gasteiger partial charge in [0.1, 0.15) is 0 Å². The highest BCUT2D eigenvalue weighted by Crippen LogP contribution is 2.33. The van der Waals surface area contributed by atoms with E-state index in [2.05, 4.69) is 5.16 Å². The molecule has 156 valence electrons. The Bertz CT molecular complexity index is 1210. The number of aromatic nitrogens is 1. The van der Waals surface area contributed by atoms with Crippen LogP contribution in [0, 0.1) is 0 Å². The lowest BCUT2D eigenvalue weighted by Gasteiger charge is -2.30. The molecule has 2 aliphatic heterocycles. The average Bonchev–Trinajstić information content (AvgIpc) is 3.22. The molecule has 3 aromatic rings. The zero-order valence-corrected chi connectivity index (χ0v) is 17.1. The first-order chi connectivity index (χ1) is 14.6. The second kappa shape index (κ2) is 7.41. The van der Waals surface area contributed by atoms with Crippen molar-refractivity contribution in [2.24, 2.45) is 0 Å². The summed E-state index contributed by atoms with van der Waals surface area (Å²) in [6.45, 7) is 2.29. The van der Waals surface area contributed by atoms with Crippen LogP contribution in [0.4, 0.5) is 5.69 Å². The molecule has 2 aliphatic rings. The minimum absolute atomic E-state index is 0.117. The van der Waals surface area contributed by atoms with E-state index in [4.69, 9.17) is 9.26 Å². The Hall–Kier alpha value is -2.91. The first-order valence-electron chi connectivity index (χ1n) is 9.93. The number of ether oxygens (including phenoxy) is 1. The summed E-state index contributed by atoms with van der Waals surface area (Å²) in [5.41, 5.74) is 2.23. The average molecular weight is 427 g/mol. The van der Waals surface area contributed by atoms with Gasteiger partial charge >= 0.3 is 0 Å². The predicted octanol–water partition coefficient (Wildman–Crippen LogP) is 2.44. The fraction of sp³-hybridized carbons (Fsp3) is 0.333. The van der Waals surface area contributed by atoms with Crippen molar-refractivity contribution in [2.75, 3.05) is 37.2 Å². The third-order valence-corrected chi connectivity index (χ3v) is 7.41. The van der Waals surface area contributed by atoms with Crippen LogP contribution >= 0.6 is 0 Å². The van der Waals surface area contributed by atoms with Crippen molar-refractivity contribution < 1.29 is 22.5 Å². The molecule has 1 fully saturated rings. The number of hydrogen-bond donors (Lipinski definition) is 0. The van der Waals surface area contributed by atoms with Crippen LogP contribution in [0.1, 0.15) is 22.5 Å². The normalized spacial score (nSPS) is 17.2. The van der Waals surface area contributed by atoms with Crippen LogP contribution in [-0.4, -0.2) is 57.2 Å². The Morgan fingerprint density at radius 3 is 2.67 bits per heavy atom. The molecule has 8 nitrogen and oxygen atoms in total. The molecule has 0 aliphatic carbocycles. The molecule has 3 heterocycles. The van der Waals surface area contributed by atoms with E-state index in [-0.39, 0.29) is 16.5 Å². The van der Waals surface area contributed by atoms with E-state index in [1.807, 2.05) is 24.3 Å². The predicted molar refractivity (Wildman–Crippen MR) is 110 cm³/mol. The molecule has 1 saturated heterocycles. The molecule has 0 saturated carbocycles. The Morgan fingerprint density at radius 1 is 1.03 bits per heavy atom. The van der Waals surface area contributed by atoms with Gasteiger partial charge in [-0.25, -0.2) is 8.42 Å². The maximum absolute atomic E-state index is 13.5. The number of rotatable bonds is 3. The van der Waals surface area contributed by atoms with Gasteiger partial charge in [-0.2, -0.15) is 0 Å². The minimum Gasteiger partial charge on any atom is -0.378 e. The highest BCUT2D eigenvalue weighted by Gasteiger charge is 2.30. The van der Waals surface area contributed by atoms with Gasteiger partial charge < -0.3 is 14.2 Å². The van der Waals surface area contributed by atoms with E-state index in [1.54, 1.807) is 11.0 Å². The van der Waals surface area contributed by atoms with Crippen molar-refractivity contribution in [3.8, 4) is 0 Å². The van der Waals surface area contributed by atoms with Gasteiger partial charge in [0.25, 0.3) is 15.9 Å². The van der Waals surface area contributed by atoms with Crippen LogP contribution in [0.15, 0.2) is 51.9 Å².